The summed E-state index contributed by atoms with van der Waals surface area (Å²) in [6.07, 6.45) is 1.04. The van der Waals surface area contributed by atoms with Gasteiger partial charge in [0.25, 0.3) is 5.91 Å². The minimum absolute atomic E-state index is 0.143. The summed E-state index contributed by atoms with van der Waals surface area (Å²) in [5, 5.41) is 7.81. The van der Waals surface area contributed by atoms with Gasteiger partial charge in [0, 0.05) is 13.1 Å². The van der Waals surface area contributed by atoms with E-state index in [1.165, 1.54) is 0 Å². The van der Waals surface area contributed by atoms with Gasteiger partial charge in [-0.2, -0.15) is 0 Å². The molecule has 1 atom stereocenters. The lowest BCUT2D eigenvalue weighted by Gasteiger charge is -2.22. The predicted molar refractivity (Wildman–Crippen MR) is 64.5 cm³/mol. The topological polar surface area (TPSA) is 98.1 Å². The largest absolute Gasteiger partial charge is 0.364 e. The number of primary amides is 1. The zero-order valence-electron chi connectivity index (χ0n) is 9.89. The van der Waals surface area contributed by atoms with E-state index in [2.05, 4.69) is 22.0 Å². The van der Waals surface area contributed by atoms with Crippen LogP contribution in [0.3, 0.4) is 0 Å². The van der Waals surface area contributed by atoms with Crippen molar-refractivity contribution in [1.29, 1.82) is 0 Å². The summed E-state index contributed by atoms with van der Waals surface area (Å²) in [6, 6.07) is 3.37. The van der Waals surface area contributed by atoms with E-state index in [0.717, 1.165) is 25.3 Å². The number of carbonyl (C=O) groups is 1. The highest BCUT2D eigenvalue weighted by molar-refractivity contribution is 5.90. The standard InChI is InChI=1S/C11H17N5O/c1-11(6-12)4-5-16(7-11)9-3-2-8(10(13)17)14-15-9/h2-3H,4-7,12H2,1H3,(H2,13,17). The van der Waals surface area contributed by atoms with Gasteiger partial charge < -0.3 is 16.4 Å². The highest BCUT2D eigenvalue weighted by atomic mass is 16.1. The van der Waals surface area contributed by atoms with Crippen molar-refractivity contribution in [2.24, 2.45) is 16.9 Å². The zero-order chi connectivity index (χ0) is 12.5. The molecule has 0 saturated carbocycles. The SMILES string of the molecule is CC1(CN)CCN(c2ccc(C(N)=O)nn2)C1. The summed E-state index contributed by atoms with van der Waals surface area (Å²) in [5.74, 6) is 0.212. The third-order valence-corrected chi connectivity index (χ3v) is 3.28. The van der Waals surface area contributed by atoms with Crippen LogP contribution in [-0.4, -0.2) is 35.7 Å². The number of hydrogen-bond acceptors (Lipinski definition) is 5. The lowest BCUT2D eigenvalue weighted by atomic mass is 9.90. The average Bonchev–Trinajstić information content (AvgIpc) is 2.73. The van der Waals surface area contributed by atoms with Gasteiger partial charge in [-0.15, -0.1) is 10.2 Å². The number of anilines is 1. The molecular weight excluding hydrogens is 218 g/mol. The molecule has 1 aromatic rings. The molecule has 1 aliphatic rings. The fraction of sp³-hybridized carbons (Fsp3) is 0.545. The van der Waals surface area contributed by atoms with Gasteiger partial charge in [-0.3, -0.25) is 4.79 Å². The number of rotatable bonds is 3. The van der Waals surface area contributed by atoms with Crippen LogP contribution in [0.4, 0.5) is 5.82 Å². The molecular formula is C11H17N5O. The first-order valence-electron chi connectivity index (χ1n) is 5.63. The van der Waals surface area contributed by atoms with Gasteiger partial charge in [0.2, 0.25) is 0 Å². The Labute approximate surface area is 100.0 Å². The first-order chi connectivity index (χ1) is 8.04. The molecule has 6 nitrogen and oxygen atoms in total. The summed E-state index contributed by atoms with van der Waals surface area (Å²) in [5.41, 5.74) is 11.2. The fourth-order valence-electron chi connectivity index (χ4n) is 2.01. The molecule has 2 rings (SSSR count). The van der Waals surface area contributed by atoms with Crippen molar-refractivity contribution in [3.8, 4) is 0 Å². The van der Waals surface area contributed by atoms with Gasteiger partial charge in [0.1, 0.15) is 0 Å². The van der Waals surface area contributed by atoms with Gasteiger partial charge in [-0.1, -0.05) is 6.92 Å². The molecule has 0 bridgehead atoms. The number of carbonyl (C=O) groups excluding carboxylic acids is 1. The number of hydrogen-bond donors (Lipinski definition) is 2. The Hall–Kier alpha value is -1.69. The molecule has 0 radical (unpaired) electrons. The molecule has 1 amide bonds. The number of amides is 1. The zero-order valence-corrected chi connectivity index (χ0v) is 9.89. The number of aromatic nitrogens is 2. The molecule has 1 aliphatic heterocycles. The van der Waals surface area contributed by atoms with Crippen LogP contribution >= 0.6 is 0 Å². The van der Waals surface area contributed by atoms with Gasteiger partial charge in [0.15, 0.2) is 11.5 Å². The fourth-order valence-corrected chi connectivity index (χ4v) is 2.01. The second-order valence-corrected chi connectivity index (χ2v) is 4.83. The third-order valence-electron chi connectivity index (χ3n) is 3.28. The van der Waals surface area contributed by atoms with Crippen molar-refractivity contribution in [2.45, 2.75) is 13.3 Å². The Morgan fingerprint density at radius 2 is 2.29 bits per heavy atom. The van der Waals surface area contributed by atoms with Crippen molar-refractivity contribution in [3.05, 3.63) is 17.8 Å². The second-order valence-electron chi connectivity index (χ2n) is 4.83. The number of nitrogens with zero attached hydrogens (tertiary/aromatic N) is 3. The Bertz CT molecular complexity index is 418. The summed E-state index contributed by atoms with van der Waals surface area (Å²) in [7, 11) is 0. The molecule has 1 aromatic heterocycles. The van der Waals surface area contributed by atoms with Crippen LogP contribution in [0.25, 0.3) is 0 Å². The third kappa shape index (κ3) is 2.36. The molecule has 4 N–H and O–H groups in total. The molecule has 1 saturated heterocycles. The van der Waals surface area contributed by atoms with E-state index in [0.29, 0.717) is 6.54 Å². The van der Waals surface area contributed by atoms with Crippen molar-refractivity contribution in [3.63, 3.8) is 0 Å². The molecule has 17 heavy (non-hydrogen) atoms. The quantitative estimate of drug-likeness (QED) is 0.752. The first kappa shape index (κ1) is 11.8. The van der Waals surface area contributed by atoms with E-state index < -0.39 is 5.91 Å². The van der Waals surface area contributed by atoms with Crippen molar-refractivity contribution in [1.82, 2.24) is 10.2 Å². The van der Waals surface area contributed by atoms with Crippen LogP contribution < -0.4 is 16.4 Å². The first-order valence-corrected chi connectivity index (χ1v) is 5.63. The molecule has 0 spiro atoms. The van der Waals surface area contributed by atoms with E-state index in [4.69, 9.17) is 11.5 Å². The van der Waals surface area contributed by atoms with Crippen LogP contribution in [-0.2, 0) is 0 Å². The molecule has 92 valence electrons. The second kappa shape index (κ2) is 4.29. The van der Waals surface area contributed by atoms with Crippen LogP contribution in [0.2, 0.25) is 0 Å². The Balaban J connectivity index is 2.12. The molecule has 1 unspecified atom stereocenters. The van der Waals surface area contributed by atoms with E-state index >= 15 is 0 Å². The Morgan fingerprint density at radius 1 is 1.53 bits per heavy atom. The molecule has 2 heterocycles. The van der Waals surface area contributed by atoms with Gasteiger partial charge >= 0.3 is 0 Å². The monoisotopic (exact) mass is 235 g/mol. The highest BCUT2D eigenvalue weighted by Gasteiger charge is 2.33. The summed E-state index contributed by atoms with van der Waals surface area (Å²) >= 11 is 0. The molecule has 6 heteroatoms. The van der Waals surface area contributed by atoms with Crippen molar-refractivity contribution in [2.75, 3.05) is 24.5 Å². The maximum atomic E-state index is 10.9. The van der Waals surface area contributed by atoms with Gasteiger partial charge in [-0.25, -0.2) is 0 Å². The predicted octanol–water partition coefficient (Wildman–Crippen LogP) is -0.249. The molecule has 0 aliphatic carbocycles. The van der Waals surface area contributed by atoms with Crippen LogP contribution in [0.1, 0.15) is 23.8 Å². The van der Waals surface area contributed by atoms with Gasteiger partial charge in [0.05, 0.1) is 0 Å². The molecule has 1 fully saturated rings. The van der Waals surface area contributed by atoms with Crippen molar-refractivity contribution < 1.29 is 4.79 Å². The Kier molecular flexibility index (Phi) is 2.97. The summed E-state index contributed by atoms with van der Waals surface area (Å²) < 4.78 is 0. The van der Waals surface area contributed by atoms with E-state index in [-0.39, 0.29) is 11.1 Å². The smallest absolute Gasteiger partial charge is 0.269 e. The lowest BCUT2D eigenvalue weighted by molar-refractivity contribution is 0.0994. The molecule has 0 aromatic carbocycles. The summed E-state index contributed by atoms with van der Waals surface area (Å²) in [4.78, 5) is 13.0. The maximum Gasteiger partial charge on any atom is 0.269 e. The van der Waals surface area contributed by atoms with Crippen LogP contribution in [0, 0.1) is 5.41 Å². The number of nitrogens with two attached hydrogens (primary N) is 2. The van der Waals surface area contributed by atoms with E-state index in [9.17, 15) is 4.79 Å². The van der Waals surface area contributed by atoms with Crippen LogP contribution in [0.15, 0.2) is 12.1 Å². The average molecular weight is 235 g/mol. The lowest BCUT2D eigenvalue weighted by Crippen LogP contribution is -2.31. The minimum Gasteiger partial charge on any atom is -0.364 e. The van der Waals surface area contributed by atoms with Gasteiger partial charge in [-0.05, 0) is 30.5 Å². The highest BCUT2D eigenvalue weighted by Crippen LogP contribution is 2.30. The van der Waals surface area contributed by atoms with Crippen LogP contribution in [0.5, 0.6) is 0 Å². The van der Waals surface area contributed by atoms with E-state index in [1.54, 1.807) is 12.1 Å². The van der Waals surface area contributed by atoms with Crippen molar-refractivity contribution >= 4 is 11.7 Å². The summed E-state index contributed by atoms with van der Waals surface area (Å²) in [6.45, 7) is 4.61. The van der Waals surface area contributed by atoms with E-state index in [1.807, 2.05) is 0 Å². The minimum atomic E-state index is -0.558. The Morgan fingerprint density at radius 3 is 2.76 bits per heavy atom. The normalized spacial score (nSPS) is 24.0. The maximum absolute atomic E-state index is 10.9.